The van der Waals surface area contributed by atoms with Crippen LogP contribution >= 0.6 is 0 Å². The number of hydrogen-bond acceptors (Lipinski definition) is 3. The minimum atomic E-state index is -0.833. The maximum Gasteiger partial charge on any atom is 0.300 e. The first-order valence-corrected chi connectivity index (χ1v) is 3.55. The van der Waals surface area contributed by atoms with Crippen molar-refractivity contribution in [2.24, 2.45) is 0 Å². The van der Waals surface area contributed by atoms with Gasteiger partial charge in [-0.1, -0.05) is 0 Å². The molecule has 0 aliphatic carbocycles. The van der Waals surface area contributed by atoms with Crippen molar-refractivity contribution in [1.29, 1.82) is 0 Å². The van der Waals surface area contributed by atoms with Gasteiger partial charge in [0.15, 0.2) is 0 Å². The zero-order chi connectivity index (χ0) is 8.69. The van der Waals surface area contributed by atoms with E-state index in [4.69, 9.17) is 9.90 Å². The topological polar surface area (TPSA) is 66.4 Å². The first kappa shape index (κ1) is 10.1. The molecule has 1 fully saturated rings. The van der Waals surface area contributed by atoms with Crippen molar-refractivity contribution in [3.8, 4) is 0 Å². The van der Waals surface area contributed by atoms with E-state index >= 15 is 0 Å². The summed E-state index contributed by atoms with van der Waals surface area (Å²) >= 11 is 0. The molecule has 0 aromatic rings. The van der Waals surface area contributed by atoms with Gasteiger partial charge in [-0.05, 0) is 0 Å². The number of piperidine rings is 1. The number of nitrogens with one attached hydrogen (secondary N) is 1. The lowest BCUT2D eigenvalue weighted by molar-refractivity contribution is -0.134. The number of carbonyl (C=O) groups is 2. The van der Waals surface area contributed by atoms with E-state index < -0.39 is 5.97 Å². The quantitative estimate of drug-likeness (QED) is 0.523. The van der Waals surface area contributed by atoms with Gasteiger partial charge in [0.05, 0.1) is 0 Å². The second-order valence-corrected chi connectivity index (χ2v) is 2.31. The Bertz CT molecular complexity index is 133. The molecule has 0 atom stereocenters. The molecule has 0 radical (unpaired) electrons. The van der Waals surface area contributed by atoms with Crippen molar-refractivity contribution in [3.63, 3.8) is 0 Å². The molecular weight excluding hydrogens is 146 g/mol. The smallest absolute Gasteiger partial charge is 0.300 e. The summed E-state index contributed by atoms with van der Waals surface area (Å²) in [6.07, 6.45) is 1.47. The van der Waals surface area contributed by atoms with Gasteiger partial charge in [0.2, 0.25) is 0 Å². The highest BCUT2D eigenvalue weighted by Gasteiger charge is 2.04. The van der Waals surface area contributed by atoms with Gasteiger partial charge in [-0.3, -0.25) is 9.59 Å². The van der Waals surface area contributed by atoms with Crippen LogP contribution in [-0.4, -0.2) is 29.9 Å². The lowest BCUT2D eigenvalue weighted by atomic mass is 10.1. The highest BCUT2D eigenvalue weighted by Crippen LogP contribution is 1.91. The average molecular weight is 159 g/mol. The Labute approximate surface area is 65.6 Å². The Morgan fingerprint density at radius 2 is 1.82 bits per heavy atom. The Balaban J connectivity index is 0.000000218. The van der Waals surface area contributed by atoms with Crippen molar-refractivity contribution >= 4 is 11.8 Å². The van der Waals surface area contributed by atoms with E-state index in [-0.39, 0.29) is 0 Å². The number of ketones is 1. The van der Waals surface area contributed by atoms with Crippen LogP contribution < -0.4 is 5.32 Å². The molecule has 1 heterocycles. The van der Waals surface area contributed by atoms with Crippen LogP contribution in [0.3, 0.4) is 0 Å². The molecule has 0 amide bonds. The summed E-state index contributed by atoms with van der Waals surface area (Å²) in [7, 11) is 0. The largest absolute Gasteiger partial charge is 0.481 e. The number of carboxylic acid groups (broad SMARTS) is 1. The number of carbonyl (C=O) groups excluding carboxylic acids is 1. The molecule has 0 bridgehead atoms. The predicted molar refractivity (Wildman–Crippen MR) is 40.4 cm³/mol. The van der Waals surface area contributed by atoms with Crippen LogP contribution in [-0.2, 0) is 9.59 Å². The number of aliphatic carboxylic acids is 1. The van der Waals surface area contributed by atoms with Crippen molar-refractivity contribution in [3.05, 3.63) is 0 Å². The fourth-order valence-corrected chi connectivity index (χ4v) is 0.706. The molecule has 1 saturated heterocycles. The molecule has 64 valence electrons. The average Bonchev–Trinajstić information content (AvgIpc) is 1.87. The van der Waals surface area contributed by atoms with Gasteiger partial charge in [-0.15, -0.1) is 0 Å². The third-order valence-corrected chi connectivity index (χ3v) is 1.16. The lowest BCUT2D eigenvalue weighted by Gasteiger charge is -2.08. The van der Waals surface area contributed by atoms with Gasteiger partial charge in [0, 0.05) is 32.9 Å². The second kappa shape index (κ2) is 5.85. The highest BCUT2D eigenvalue weighted by molar-refractivity contribution is 5.79. The summed E-state index contributed by atoms with van der Waals surface area (Å²) in [5.74, 6) is -0.432. The number of carboxylic acids is 1. The van der Waals surface area contributed by atoms with Gasteiger partial charge in [-0.25, -0.2) is 0 Å². The van der Waals surface area contributed by atoms with Gasteiger partial charge in [0.25, 0.3) is 5.97 Å². The Morgan fingerprint density at radius 3 is 2.00 bits per heavy atom. The minimum Gasteiger partial charge on any atom is -0.481 e. The van der Waals surface area contributed by atoms with Crippen LogP contribution in [0.25, 0.3) is 0 Å². The first-order chi connectivity index (χ1) is 5.13. The molecule has 0 aromatic heterocycles. The summed E-state index contributed by atoms with van der Waals surface area (Å²) < 4.78 is 0. The van der Waals surface area contributed by atoms with E-state index in [9.17, 15) is 4.79 Å². The van der Waals surface area contributed by atoms with Crippen molar-refractivity contribution < 1.29 is 14.7 Å². The van der Waals surface area contributed by atoms with Gasteiger partial charge in [-0.2, -0.15) is 0 Å². The van der Waals surface area contributed by atoms with Crippen molar-refractivity contribution in [1.82, 2.24) is 5.32 Å². The molecule has 4 heteroatoms. The SMILES string of the molecule is CC(=O)O.O=C1CCNCC1. The van der Waals surface area contributed by atoms with Crippen molar-refractivity contribution in [2.45, 2.75) is 19.8 Å². The zero-order valence-corrected chi connectivity index (χ0v) is 6.59. The van der Waals surface area contributed by atoms with Crippen molar-refractivity contribution in [2.75, 3.05) is 13.1 Å². The molecule has 11 heavy (non-hydrogen) atoms. The van der Waals surface area contributed by atoms with E-state index in [0.717, 1.165) is 32.9 Å². The summed E-state index contributed by atoms with van der Waals surface area (Å²) in [6.45, 7) is 2.86. The first-order valence-electron chi connectivity index (χ1n) is 3.55. The maximum absolute atomic E-state index is 10.4. The summed E-state index contributed by atoms with van der Waals surface area (Å²) in [4.78, 5) is 19.4. The molecule has 0 unspecified atom stereocenters. The van der Waals surface area contributed by atoms with Crippen LogP contribution in [0, 0.1) is 0 Å². The summed E-state index contributed by atoms with van der Waals surface area (Å²) in [6, 6.07) is 0. The third-order valence-electron chi connectivity index (χ3n) is 1.16. The molecular formula is C7H13NO3. The van der Waals surface area contributed by atoms with Gasteiger partial charge >= 0.3 is 0 Å². The Hall–Kier alpha value is -0.900. The maximum atomic E-state index is 10.4. The molecule has 1 aliphatic heterocycles. The predicted octanol–water partition coefficient (Wildman–Crippen LogP) is 0.0298. The number of rotatable bonds is 0. The summed E-state index contributed by atoms with van der Waals surface area (Å²) in [5, 5.41) is 10.5. The van der Waals surface area contributed by atoms with Crippen LogP contribution in [0.2, 0.25) is 0 Å². The van der Waals surface area contributed by atoms with E-state index in [1.165, 1.54) is 0 Å². The van der Waals surface area contributed by atoms with Gasteiger partial charge in [0.1, 0.15) is 5.78 Å². The highest BCUT2D eigenvalue weighted by atomic mass is 16.4. The van der Waals surface area contributed by atoms with Crippen LogP contribution in [0.15, 0.2) is 0 Å². The minimum absolute atomic E-state index is 0.402. The zero-order valence-electron chi connectivity index (χ0n) is 6.59. The Kier molecular flexibility index (Phi) is 5.37. The molecule has 0 spiro atoms. The van der Waals surface area contributed by atoms with Gasteiger partial charge < -0.3 is 10.4 Å². The van der Waals surface area contributed by atoms with Crippen LogP contribution in [0.5, 0.6) is 0 Å². The van der Waals surface area contributed by atoms with E-state index in [2.05, 4.69) is 5.32 Å². The molecule has 0 aromatic carbocycles. The fraction of sp³-hybridized carbons (Fsp3) is 0.714. The van der Waals surface area contributed by atoms with Crippen LogP contribution in [0.1, 0.15) is 19.8 Å². The molecule has 0 saturated carbocycles. The lowest BCUT2D eigenvalue weighted by Crippen LogP contribution is -2.27. The van der Waals surface area contributed by atoms with Crippen LogP contribution in [0.4, 0.5) is 0 Å². The monoisotopic (exact) mass is 159 g/mol. The molecule has 1 rings (SSSR count). The second-order valence-electron chi connectivity index (χ2n) is 2.31. The summed E-state index contributed by atoms with van der Waals surface area (Å²) in [5.41, 5.74) is 0. The van der Waals surface area contributed by atoms with E-state index in [1.807, 2.05) is 0 Å². The van der Waals surface area contributed by atoms with E-state index in [1.54, 1.807) is 0 Å². The molecule has 2 N–H and O–H groups in total. The molecule has 4 nitrogen and oxygen atoms in total. The fourth-order valence-electron chi connectivity index (χ4n) is 0.706. The normalized spacial score (nSPS) is 16.6. The number of hydrogen-bond donors (Lipinski definition) is 2. The molecule has 1 aliphatic rings. The third kappa shape index (κ3) is 9.10. The Morgan fingerprint density at radius 1 is 1.45 bits per heavy atom. The standard InChI is InChI=1S/C5H9NO.C2H4O2/c7-5-1-3-6-4-2-5;1-2(3)4/h6H,1-4H2;1H3,(H,3,4). The number of Topliss-reactive ketones (excluding diaryl/α,β-unsaturated/α-hetero) is 1. The van der Waals surface area contributed by atoms with E-state index in [0.29, 0.717) is 5.78 Å².